The Balaban J connectivity index is 1.79. The number of ether oxygens (including phenoxy) is 1. The molecule has 2 aliphatic heterocycles. The standard InChI is InChI=1S/C12H19NO3/c1-2-16-12(15)5-6-13-8-9-3-4-10(13)7-11(9)14/h9-10H,2-8H2,1H3. The van der Waals surface area contributed by atoms with Gasteiger partial charge in [0.05, 0.1) is 13.0 Å². The summed E-state index contributed by atoms with van der Waals surface area (Å²) in [5, 5.41) is 0. The Morgan fingerprint density at radius 2 is 2.31 bits per heavy atom. The largest absolute Gasteiger partial charge is 0.466 e. The van der Waals surface area contributed by atoms with Crippen LogP contribution in [-0.2, 0) is 14.3 Å². The third kappa shape index (κ3) is 2.43. The van der Waals surface area contributed by atoms with Crippen LogP contribution in [0.25, 0.3) is 0 Å². The number of nitrogens with zero attached hydrogens (tertiary/aromatic N) is 1. The van der Waals surface area contributed by atoms with Crippen molar-refractivity contribution in [3.05, 3.63) is 0 Å². The van der Waals surface area contributed by atoms with Gasteiger partial charge in [-0.05, 0) is 19.8 Å². The first-order valence-electron chi connectivity index (χ1n) is 6.13. The maximum Gasteiger partial charge on any atom is 0.307 e. The Morgan fingerprint density at radius 1 is 1.50 bits per heavy atom. The number of piperidine rings is 2. The van der Waals surface area contributed by atoms with Crippen molar-refractivity contribution < 1.29 is 14.3 Å². The van der Waals surface area contributed by atoms with Crippen molar-refractivity contribution in [3.8, 4) is 0 Å². The van der Waals surface area contributed by atoms with Crippen LogP contribution in [0.4, 0.5) is 0 Å². The van der Waals surface area contributed by atoms with Crippen LogP contribution in [-0.4, -0.2) is 42.4 Å². The number of carbonyl (C=O) groups excluding carboxylic acids is 2. The first-order chi connectivity index (χ1) is 7.70. The highest BCUT2D eigenvalue weighted by Crippen LogP contribution is 2.32. The molecule has 4 nitrogen and oxygen atoms in total. The van der Waals surface area contributed by atoms with Gasteiger partial charge < -0.3 is 4.74 Å². The van der Waals surface area contributed by atoms with Crippen LogP contribution in [0.15, 0.2) is 0 Å². The van der Waals surface area contributed by atoms with Crippen LogP contribution in [0, 0.1) is 5.92 Å². The lowest BCUT2D eigenvalue weighted by atomic mass is 9.79. The topological polar surface area (TPSA) is 46.6 Å². The number of carbonyl (C=O) groups is 2. The highest BCUT2D eigenvalue weighted by Gasteiger charge is 2.38. The SMILES string of the molecule is CCOC(=O)CCN1CC2CCC1CC2=O. The summed E-state index contributed by atoms with van der Waals surface area (Å²) in [6.45, 7) is 3.86. The normalized spacial score (nSPS) is 29.4. The van der Waals surface area contributed by atoms with Gasteiger partial charge in [0.25, 0.3) is 0 Å². The minimum Gasteiger partial charge on any atom is -0.466 e. The lowest BCUT2D eigenvalue weighted by Crippen LogP contribution is -2.52. The molecule has 0 aromatic heterocycles. The maximum atomic E-state index is 11.5. The zero-order chi connectivity index (χ0) is 11.5. The molecule has 2 unspecified atom stereocenters. The molecule has 16 heavy (non-hydrogen) atoms. The molecule has 3 rings (SSSR count). The Labute approximate surface area is 95.9 Å². The van der Waals surface area contributed by atoms with Gasteiger partial charge in [0.15, 0.2) is 0 Å². The van der Waals surface area contributed by atoms with Gasteiger partial charge in [-0.3, -0.25) is 14.5 Å². The summed E-state index contributed by atoms with van der Waals surface area (Å²) in [5.74, 6) is 0.520. The minimum atomic E-state index is -0.129. The van der Waals surface area contributed by atoms with Gasteiger partial charge in [-0.1, -0.05) is 0 Å². The molecule has 0 aromatic rings. The molecule has 2 atom stereocenters. The maximum absolute atomic E-state index is 11.5. The summed E-state index contributed by atoms with van der Waals surface area (Å²) in [5.41, 5.74) is 0. The summed E-state index contributed by atoms with van der Waals surface area (Å²) >= 11 is 0. The molecule has 0 radical (unpaired) electrons. The van der Waals surface area contributed by atoms with Gasteiger partial charge >= 0.3 is 5.97 Å². The third-order valence-corrected chi connectivity index (χ3v) is 3.62. The molecule has 0 amide bonds. The van der Waals surface area contributed by atoms with E-state index >= 15 is 0 Å². The van der Waals surface area contributed by atoms with Crippen molar-refractivity contribution in [2.75, 3.05) is 19.7 Å². The van der Waals surface area contributed by atoms with Gasteiger partial charge in [-0.15, -0.1) is 0 Å². The molecular formula is C12H19NO3. The van der Waals surface area contributed by atoms with Crippen LogP contribution in [0.5, 0.6) is 0 Å². The van der Waals surface area contributed by atoms with E-state index in [1.165, 1.54) is 0 Å². The predicted molar refractivity (Wildman–Crippen MR) is 59.0 cm³/mol. The number of rotatable bonds is 4. The second-order valence-corrected chi connectivity index (χ2v) is 4.65. The van der Waals surface area contributed by atoms with E-state index in [9.17, 15) is 9.59 Å². The summed E-state index contributed by atoms with van der Waals surface area (Å²) in [6, 6.07) is 0.381. The van der Waals surface area contributed by atoms with Crippen molar-refractivity contribution in [2.45, 2.75) is 38.6 Å². The van der Waals surface area contributed by atoms with E-state index < -0.39 is 0 Å². The van der Waals surface area contributed by atoms with E-state index in [0.717, 1.165) is 25.9 Å². The third-order valence-electron chi connectivity index (χ3n) is 3.62. The molecule has 90 valence electrons. The molecular weight excluding hydrogens is 206 g/mol. The summed E-state index contributed by atoms with van der Waals surface area (Å²) < 4.78 is 4.90. The smallest absolute Gasteiger partial charge is 0.307 e. The molecule has 3 aliphatic rings. The molecule has 0 spiro atoms. The highest BCUT2D eigenvalue weighted by molar-refractivity contribution is 5.83. The Bertz CT molecular complexity index is 290. The number of hydrogen-bond donors (Lipinski definition) is 0. The lowest BCUT2D eigenvalue weighted by molar-refractivity contribution is -0.144. The fraction of sp³-hybridized carbons (Fsp3) is 0.833. The van der Waals surface area contributed by atoms with Crippen LogP contribution in [0.1, 0.15) is 32.6 Å². The molecule has 3 fully saturated rings. The molecule has 2 saturated heterocycles. The van der Waals surface area contributed by atoms with Gasteiger partial charge in [0, 0.05) is 31.5 Å². The summed E-state index contributed by atoms with van der Waals surface area (Å²) in [7, 11) is 0. The summed E-state index contributed by atoms with van der Waals surface area (Å²) in [4.78, 5) is 25.0. The molecule has 0 N–H and O–H groups in total. The van der Waals surface area contributed by atoms with E-state index in [1.807, 2.05) is 6.92 Å². The number of fused-ring (bicyclic) bond motifs is 3. The van der Waals surface area contributed by atoms with E-state index in [0.29, 0.717) is 31.3 Å². The minimum absolute atomic E-state index is 0.129. The van der Waals surface area contributed by atoms with Crippen molar-refractivity contribution in [3.63, 3.8) is 0 Å². The van der Waals surface area contributed by atoms with E-state index in [1.54, 1.807) is 0 Å². The average Bonchev–Trinajstić information content (AvgIpc) is 2.28. The molecule has 2 heterocycles. The fourth-order valence-electron chi connectivity index (χ4n) is 2.73. The van der Waals surface area contributed by atoms with Crippen molar-refractivity contribution in [1.82, 2.24) is 4.90 Å². The Morgan fingerprint density at radius 3 is 2.88 bits per heavy atom. The van der Waals surface area contributed by atoms with Crippen LogP contribution in [0.3, 0.4) is 0 Å². The number of hydrogen-bond acceptors (Lipinski definition) is 4. The number of esters is 1. The van der Waals surface area contributed by atoms with Crippen molar-refractivity contribution >= 4 is 11.8 Å². The van der Waals surface area contributed by atoms with Gasteiger partial charge in [-0.25, -0.2) is 0 Å². The average molecular weight is 225 g/mol. The van der Waals surface area contributed by atoms with E-state index in [2.05, 4.69) is 4.90 Å². The first kappa shape index (κ1) is 11.6. The van der Waals surface area contributed by atoms with Gasteiger partial charge in [0.2, 0.25) is 0 Å². The second kappa shape index (κ2) is 4.95. The van der Waals surface area contributed by atoms with Gasteiger partial charge in [-0.2, -0.15) is 0 Å². The zero-order valence-electron chi connectivity index (χ0n) is 9.78. The number of ketones is 1. The van der Waals surface area contributed by atoms with Crippen molar-refractivity contribution in [2.24, 2.45) is 5.92 Å². The quantitative estimate of drug-likeness (QED) is 0.669. The fourth-order valence-corrected chi connectivity index (χ4v) is 2.73. The monoisotopic (exact) mass is 225 g/mol. The summed E-state index contributed by atoms with van der Waals surface area (Å²) in [6.07, 6.45) is 3.29. The zero-order valence-corrected chi connectivity index (χ0v) is 9.78. The molecule has 2 bridgehead atoms. The predicted octanol–water partition coefficient (Wildman–Crippen LogP) is 0.993. The first-order valence-corrected chi connectivity index (χ1v) is 6.13. The van der Waals surface area contributed by atoms with Gasteiger partial charge in [0.1, 0.15) is 5.78 Å². The van der Waals surface area contributed by atoms with Crippen molar-refractivity contribution in [1.29, 1.82) is 0 Å². The molecule has 0 aromatic carbocycles. The molecule has 1 saturated carbocycles. The molecule has 4 heteroatoms. The number of Topliss-reactive ketones (excluding diaryl/α,β-unsaturated/α-hetero) is 1. The molecule has 1 aliphatic carbocycles. The highest BCUT2D eigenvalue weighted by atomic mass is 16.5. The van der Waals surface area contributed by atoms with Crippen LogP contribution in [0.2, 0.25) is 0 Å². The van der Waals surface area contributed by atoms with E-state index in [-0.39, 0.29) is 11.9 Å². The Kier molecular flexibility index (Phi) is 3.59. The van der Waals surface area contributed by atoms with E-state index in [4.69, 9.17) is 4.74 Å². The Hall–Kier alpha value is -0.900. The van der Waals surface area contributed by atoms with Crippen LogP contribution >= 0.6 is 0 Å². The van der Waals surface area contributed by atoms with Crippen LogP contribution < -0.4 is 0 Å². The second-order valence-electron chi connectivity index (χ2n) is 4.65. The lowest BCUT2D eigenvalue weighted by Gasteiger charge is -2.44.